The molecule has 1 aromatic heterocycles. The maximum atomic E-state index is 13.2. The molecular formula is C23H27N3O3S. The van der Waals surface area contributed by atoms with Gasteiger partial charge in [0.25, 0.3) is 5.56 Å². The highest BCUT2D eigenvalue weighted by Crippen LogP contribution is 2.29. The van der Waals surface area contributed by atoms with Crippen LogP contribution in [-0.2, 0) is 10.0 Å². The van der Waals surface area contributed by atoms with E-state index in [0.29, 0.717) is 36.2 Å². The molecule has 0 unspecified atom stereocenters. The summed E-state index contributed by atoms with van der Waals surface area (Å²) in [5.41, 5.74) is 4.47. The highest BCUT2D eigenvalue weighted by molar-refractivity contribution is 7.89. The molecule has 4 rings (SSSR count). The second kappa shape index (κ2) is 7.63. The molecule has 0 aliphatic carbocycles. The van der Waals surface area contributed by atoms with Crippen LogP contribution in [0.25, 0.3) is 10.9 Å². The van der Waals surface area contributed by atoms with Crippen molar-refractivity contribution in [1.82, 2.24) is 13.9 Å². The van der Waals surface area contributed by atoms with E-state index in [1.807, 2.05) is 45.9 Å². The number of rotatable bonds is 3. The molecule has 1 saturated heterocycles. The van der Waals surface area contributed by atoms with Gasteiger partial charge in [-0.05, 0) is 74.9 Å². The van der Waals surface area contributed by atoms with Gasteiger partial charge < -0.3 is 0 Å². The van der Waals surface area contributed by atoms with E-state index >= 15 is 0 Å². The first-order valence-electron chi connectivity index (χ1n) is 10.2. The van der Waals surface area contributed by atoms with Crippen LogP contribution in [0.4, 0.5) is 0 Å². The average molecular weight is 426 g/mol. The Kier molecular flexibility index (Phi) is 5.28. The lowest BCUT2D eigenvalue weighted by Gasteiger charge is -2.32. The molecular weight excluding hydrogens is 398 g/mol. The summed E-state index contributed by atoms with van der Waals surface area (Å²) in [6, 6.07) is 9.26. The zero-order valence-corrected chi connectivity index (χ0v) is 18.7. The number of para-hydroxylation sites is 1. The molecule has 0 bridgehead atoms. The third-order valence-electron chi connectivity index (χ3n) is 6.24. The molecule has 0 N–H and O–H groups in total. The molecule has 1 aliphatic heterocycles. The normalized spacial score (nSPS) is 16.3. The van der Waals surface area contributed by atoms with Crippen molar-refractivity contribution in [1.29, 1.82) is 0 Å². The Morgan fingerprint density at radius 2 is 1.60 bits per heavy atom. The van der Waals surface area contributed by atoms with Gasteiger partial charge in [0.1, 0.15) is 0 Å². The van der Waals surface area contributed by atoms with Crippen molar-refractivity contribution in [2.24, 2.45) is 0 Å². The van der Waals surface area contributed by atoms with Gasteiger partial charge in [-0.15, -0.1) is 0 Å². The summed E-state index contributed by atoms with van der Waals surface area (Å²) in [7, 11) is -3.56. The van der Waals surface area contributed by atoms with Crippen molar-refractivity contribution in [2.45, 2.75) is 51.5 Å². The van der Waals surface area contributed by atoms with Gasteiger partial charge in [0.15, 0.2) is 0 Å². The van der Waals surface area contributed by atoms with Crippen LogP contribution in [0.15, 0.2) is 46.3 Å². The maximum Gasteiger partial charge on any atom is 0.261 e. The number of aromatic nitrogens is 2. The first-order valence-corrected chi connectivity index (χ1v) is 11.7. The highest BCUT2D eigenvalue weighted by atomic mass is 32.2. The fourth-order valence-corrected chi connectivity index (χ4v) is 6.05. The Morgan fingerprint density at radius 3 is 2.30 bits per heavy atom. The van der Waals surface area contributed by atoms with E-state index in [4.69, 9.17) is 0 Å². The van der Waals surface area contributed by atoms with Crippen LogP contribution in [0.3, 0.4) is 0 Å². The predicted molar refractivity (Wildman–Crippen MR) is 118 cm³/mol. The number of aryl methyl sites for hydroxylation is 4. The van der Waals surface area contributed by atoms with Crippen LogP contribution in [-0.4, -0.2) is 35.4 Å². The smallest absolute Gasteiger partial charge is 0.261 e. The molecule has 1 fully saturated rings. The third kappa shape index (κ3) is 3.46. The molecule has 158 valence electrons. The van der Waals surface area contributed by atoms with Crippen LogP contribution in [0.5, 0.6) is 0 Å². The van der Waals surface area contributed by atoms with Gasteiger partial charge in [0.05, 0.1) is 22.1 Å². The summed E-state index contributed by atoms with van der Waals surface area (Å²) < 4.78 is 29.7. The van der Waals surface area contributed by atoms with Gasteiger partial charge in [-0.2, -0.15) is 4.31 Å². The van der Waals surface area contributed by atoms with Crippen molar-refractivity contribution in [3.8, 4) is 0 Å². The van der Waals surface area contributed by atoms with E-state index in [0.717, 1.165) is 27.8 Å². The van der Waals surface area contributed by atoms with Crippen molar-refractivity contribution in [3.05, 3.63) is 69.3 Å². The number of sulfonamides is 1. The summed E-state index contributed by atoms with van der Waals surface area (Å²) in [6.45, 7) is 8.48. The quantitative estimate of drug-likeness (QED) is 0.642. The fraction of sp³-hybridized carbons (Fsp3) is 0.391. The molecule has 0 radical (unpaired) electrons. The Morgan fingerprint density at radius 1 is 0.933 bits per heavy atom. The van der Waals surface area contributed by atoms with Gasteiger partial charge >= 0.3 is 0 Å². The molecule has 30 heavy (non-hydrogen) atoms. The monoisotopic (exact) mass is 425 g/mol. The molecule has 0 atom stereocenters. The van der Waals surface area contributed by atoms with Crippen LogP contribution in [0, 0.1) is 27.7 Å². The third-order valence-corrected chi connectivity index (χ3v) is 8.28. The summed E-state index contributed by atoms with van der Waals surface area (Å²) >= 11 is 0. The number of nitrogens with zero attached hydrogens (tertiary/aromatic N) is 3. The Hall–Kier alpha value is -2.51. The standard InChI is InChI=1S/C23H27N3O3S/c1-15-6-5-7-20-22(15)24-14-26(23(20)27)19-8-10-25(11-9-19)30(28,29)21-13-17(3)16(2)12-18(21)4/h5-7,12-14,19H,8-11H2,1-4H3. The molecule has 0 spiro atoms. The lowest BCUT2D eigenvalue weighted by molar-refractivity contribution is 0.269. The molecule has 1 aliphatic rings. The second-order valence-corrected chi connectivity index (χ2v) is 10.2. The predicted octanol–water partition coefficient (Wildman–Crippen LogP) is 3.66. The minimum atomic E-state index is -3.56. The Balaban J connectivity index is 1.59. The summed E-state index contributed by atoms with van der Waals surface area (Å²) in [5.74, 6) is 0. The van der Waals surface area contributed by atoms with E-state index in [1.54, 1.807) is 27.3 Å². The summed E-state index contributed by atoms with van der Waals surface area (Å²) in [5, 5.41) is 0.610. The minimum absolute atomic E-state index is 0.0535. The van der Waals surface area contributed by atoms with Crippen LogP contribution >= 0.6 is 0 Å². The fourth-order valence-electron chi connectivity index (χ4n) is 4.29. The molecule has 0 amide bonds. The number of hydrogen-bond acceptors (Lipinski definition) is 4. The van der Waals surface area contributed by atoms with E-state index in [2.05, 4.69) is 4.98 Å². The number of piperidine rings is 1. The van der Waals surface area contributed by atoms with E-state index in [1.165, 1.54) is 0 Å². The minimum Gasteiger partial charge on any atom is -0.296 e. The van der Waals surface area contributed by atoms with E-state index in [-0.39, 0.29) is 11.6 Å². The largest absolute Gasteiger partial charge is 0.296 e. The van der Waals surface area contributed by atoms with Crippen LogP contribution < -0.4 is 5.56 Å². The van der Waals surface area contributed by atoms with Crippen molar-refractivity contribution in [2.75, 3.05) is 13.1 Å². The van der Waals surface area contributed by atoms with Gasteiger partial charge in [0.2, 0.25) is 10.0 Å². The van der Waals surface area contributed by atoms with Gasteiger partial charge in [-0.1, -0.05) is 18.2 Å². The molecule has 2 heterocycles. The first kappa shape index (κ1) is 20.8. The van der Waals surface area contributed by atoms with Gasteiger partial charge in [-0.25, -0.2) is 13.4 Å². The van der Waals surface area contributed by atoms with Gasteiger partial charge in [-0.3, -0.25) is 9.36 Å². The number of fused-ring (bicyclic) bond motifs is 1. The molecule has 3 aromatic rings. The average Bonchev–Trinajstić information content (AvgIpc) is 2.71. The summed E-state index contributed by atoms with van der Waals surface area (Å²) in [6.07, 6.45) is 2.78. The lowest BCUT2D eigenvalue weighted by atomic mass is 10.1. The first-order chi connectivity index (χ1) is 14.2. The van der Waals surface area contributed by atoms with Gasteiger partial charge in [0, 0.05) is 19.1 Å². The summed E-state index contributed by atoms with van der Waals surface area (Å²) in [4.78, 5) is 17.9. The Labute approximate surface area is 177 Å². The zero-order valence-electron chi connectivity index (χ0n) is 17.8. The molecule has 7 heteroatoms. The molecule has 2 aromatic carbocycles. The van der Waals surface area contributed by atoms with Crippen molar-refractivity contribution >= 4 is 20.9 Å². The van der Waals surface area contributed by atoms with Crippen molar-refractivity contribution in [3.63, 3.8) is 0 Å². The SMILES string of the molecule is Cc1cc(C)c(S(=O)(=O)N2CCC(n3cnc4c(C)cccc4c3=O)CC2)cc1C. The van der Waals surface area contributed by atoms with Crippen LogP contribution in [0.1, 0.15) is 41.1 Å². The molecule has 6 nitrogen and oxygen atoms in total. The van der Waals surface area contributed by atoms with E-state index in [9.17, 15) is 13.2 Å². The Bertz CT molecular complexity index is 1290. The number of benzene rings is 2. The molecule has 0 saturated carbocycles. The zero-order chi connectivity index (χ0) is 21.6. The van der Waals surface area contributed by atoms with Crippen LogP contribution in [0.2, 0.25) is 0 Å². The maximum absolute atomic E-state index is 13.2. The number of hydrogen-bond donors (Lipinski definition) is 0. The van der Waals surface area contributed by atoms with Crippen molar-refractivity contribution < 1.29 is 8.42 Å². The van der Waals surface area contributed by atoms with E-state index < -0.39 is 10.0 Å². The lowest BCUT2D eigenvalue weighted by Crippen LogP contribution is -2.41. The second-order valence-electron chi connectivity index (χ2n) is 8.27. The topological polar surface area (TPSA) is 72.3 Å². The highest BCUT2D eigenvalue weighted by Gasteiger charge is 2.31.